The molecule has 102 valence electrons. The van der Waals surface area contributed by atoms with E-state index in [0.29, 0.717) is 0 Å². The SMILES string of the molecule is CCCOCCC(N)Cc1ccnc2ccccc12. The third-order valence-electron chi connectivity index (χ3n) is 3.20. The van der Waals surface area contributed by atoms with E-state index in [9.17, 15) is 0 Å². The van der Waals surface area contributed by atoms with E-state index in [1.165, 1.54) is 10.9 Å². The number of aromatic nitrogens is 1. The molecule has 2 aromatic rings. The zero-order valence-electron chi connectivity index (χ0n) is 11.5. The second-order valence-corrected chi connectivity index (χ2v) is 4.85. The first kappa shape index (κ1) is 14.0. The molecule has 1 heterocycles. The van der Waals surface area contributed by atoms with Crippen LogP contribution in [0.25, 0.3) is 10.9 Å². The minimum atomic E-state index is 0.141. The third-order valence-corrected chi connectivity index (χ3v) is 3.20. The van der Waals surface area contributed by atoms with Crippen LogP contribution in [0.2, 0.25) is 0 Å². The molecule has 3 nitrogen and oxygen atoms in total. The Bertz CT molecular complexity index is 508. The molecule has 0 saturated carbocycles. The summed E-state index contributed by atoms with van der Waals surface area (Å²) in [5.74, 6) is 0. The van der Waals surface area contributed by atoms with E-state index in [2.05, 4.69) is 24.0 Å². The lowest BCUT2D eigenvalue weighted by Gasteiger charge is -2.13. The van der Waals surface area contributed by atoms with Gasteiger partial charge in [-0.3, -0.25) is 4.98 Å². The van der Waals surface area contributed by atoms with Crippen LogP contribution in [0.5, 0.6) is 0 Å². The van der Waals surface area contributed by atoms with E-state index in [1.807, 2.05) is 24.4 Å². The molecule has 1 unspecified atom stereocenters. The van der Waals surface area contributed by atoms with Gasteiger partial charge in [0.2, 0.25) is 0 Å². The first-order valence-electron chi connectivity index (χ1n) is 6.97. The number of hydrogen-bond donors (Lipinski definition) is 1. The monoisotopic (exact) mass is 258 g/mol. The number of nitrogens with two attached hydrogens (primary N) is 1. The molecule has 2 N–H and O–H groups in total. The molecule has 0 radical (unpaired) electrons. The molecular weight excluding hydrogens is 236 g/mol. The molecule has 2 rings (SSSR count). The maximum Gasteiger partial charge on any atom is 0.0704 e. The highest BCUT2D eigenvalue weighted by Crippen LogP contribution is 2.17. The topological polar surface area (TPSA) is 48.1 Å². The molecular formula is C16H22N2O. The van der Waals surface area contributed by atoms with Gasteiger partial charge in [0, 0.05) is 30.8 Å². The quantitative estimate of drug-likeness (QED) is 0.777. The normalized spacial score (nSPS) is 12.7. The second kappa shape index (κ2) is 7.22. The zero-order chi connectivity index (χ0) is 13.5. The molecule has 0 spiro atoms. The van der Waals surface area contributed by atoms with Crippen LogP contribution >= 0.6 is 0 Å². The lowest BCUT2D eigenvalue weighted by molar-refractivity contribution is 0.127. The van der Waals surface area contributed by atoms with Crippen LogP contribution in [0.3, 0.4) is 0 Å². The molecule has 0 bridgehead atoms. The first-order valence-corrected chi connectivity index (χ1v) is 6.97. The number of fused-ring (bicyclic) bond motifs is 1. The largest absolute Gasteiger partial charge is 0.381 e. The average Bonchev–Trinajstić information content (AvgIpc) is 2.44. The second-order valence-electron chi connectivity index (χ2n) is 4.85. The summed E-state index contributed by atoms with van der Waals surface area (Å²) >= 11 is 0. The molecule has 19 heavy (non-hydrogen) atoms. The van der Waals surface area contributed by atoms with Gasteiger partial charge >= 0.3 is 0 Å². The maximum atomic E-state index is 6.18. The minimum absolute atomic E-state index is 0.141. The van der Waals surface area contributed by atoms with Gasteiger partial charge in [-0.25, -0.2) is 0 Å². The van der Waals surface area contributed by atoms with E-state index >= 15 is 0 Å². The predicted octanol–water partition coefficient (Wildman–Crippen LogP) is 2.92. The molecule has 0 fully saturated rings. The summed E-state index contributed by atoms with van der Waals surface area (Å²) in [6.07, 6.45) is 4.69. The maximum absolute atomic E-state index is 6.18. The molecule has 0 saturated heterocycles. The van der Waals surface area contributed by atoms with Crippen molar-refractivity contribution >= 4 is 10.9 Å². The average molecular weight is 258 g/mol. The van der Waals surface area contributed by atoms with Gasteiger partial charge in [-0.2, -0.15) is 0 Å². The van der Waals surface area contributed by atoms with Crippen molar-refractivity contribution in [2.75, 3.05) is 13.2 Å². The molecule has 0 aliphatic rings. The fourth-order valence-electron chi connectivity index (χ4n) is 2.20. The lowest BCUT2D eigenvalue weighted by atomic mass is 10.0. The molecule has 1 aromatic heterocycles. The van der Waals surface area contributed by atoms with E-state index in [0.717, 1.165) is 38.0 Å². The Labute approximate surface area is 114 Å². The van der Waals surface area contributed by atoms with Gasteiger partial charge in [0.1, 0.15) is 0 Å². The summed E-state index contributed by atoms with van der Waals surface area (Å²) in [5, 5.41) is 1.20. The van der Waals surface area contributed by atoms with E-state index in [4.69, 9.17) is 10.5 Å². The Morgan fingerprint density at radius 2 is 2.05 bits per heavy atom. The van der Waals surface area contributed by atoms with Gasteiger partial charge in [-0.05, 0) is 37.0 Å². The Morgan fingerprint density at radius 3 is 2.89 bits per heavy atom. The number of rotatable bonds is 7. The van der Waals surface area contributed by atoms with Crippen LogP contribution in [0, 0.1) is 0 Å². The van der Waals surface area contributed by atoms with Gasteiger partial charge in [0.15, 0.2) is 0 Å². The fraction of sp³-hybridized carbons (Fsp3) is 0.438. The van der Waals surface area contributed by atoms with Gasteiger partial charge in [0.25, 0.3) is 0 Å². The van der Waals surface area contributed by atoms with Crippen molar-refractivity contribution in [3.05, 3.63) is 42.1 Å². The van der Waals surface area contributed by atoms with Crippen LogP contribution in [-0.2, 0) is 11.2 Å². The van der Waals surface area contributed by atoms with Crippen LogP contribution in [0.1, 0.15) is 25.3 Å². The molecule has 0 aliphatic heterocycles. The summed E-state index contributed by atoms with van der Waals surface area (Å²) in [5.41, 5.74) is 8.49. The van der Waals surface area contributed by atoms with Crippen LogP contribution in [-0.4, -0.2) is 24.2 Å². The van der Waals surface area contributed by atoms with Crippen LogP contribution in [0.15, 0.2) is 36.5 Å². The van der Waals surface area contributed by atoms with Gasteiger partial charge in [-0.15, -0.1) is 0 Å². The van der Waals surface area contributed by atoms with Gasteiger partial charge < -0.3 is 10.5 Å². The zero-order valence-corrected chi connectivity index (χ0v) is 11.5. The van der Waals surface area contributed by atoms with E-state index in [-0.39, 0.29) is 6.04 Å². The number of ether oxygens (including phenoxy) is 1. The van der Waals surface area contributed by atoms with Gasteiger partial charge in [0.05, 0.1) is 5.52 Å². The molecule has 1 atom stereocenters. The summed E-state index contributed by atoms with van der Waals surface area (Å²) in [6.45, 7) is 3.69. The summed E-state index contributed by atoms with van der Waals surface area (Å²) in [6, 6.07) is 10.4. The summed E-state index contributed by atoms with van der Waals surface area (Å²) in [7, 11) is 0. The van der Waals surface area contributed by atoms with Crippen molar-refractivity contribution in [1.29, 1.82) is 0 Å². The van der Waals surface area contributed by atoms with Crippen LogP contribution in [0.4, 0.5) is 0 Å². The Kier molecular flexibility index (Phi) is 5.31. The molecule has 0 aliphatic carbocycles. The fourth-order valence-corrected chi connectivity index (χ4v) is 2.20. The van der Waals surface area contributed by atoms with Crippen molar-refractivity contribution in [3.8, 4) is 0 Å². The first-order chi connectivity index (χ1) is 9.31. The Balaban J connectivity index is 1.97. The summed E-state index contributed by atoms with van der Waals surface area (Å²) < 4.78 is 5.49. The highest BCUT2D eigenvalue weighted by molar-refractivity contribution is 5.81. The van der Waals surface area contributed by atoms with E-state index < -0.39 is 0 Å². The number of para-hydroxylation sites is 1. The summed E-state index contributed by atoms with van der Waals surface area (Å²) in [4.78, 5) is 4.37. The standard InChI is InChI=1S/C16H22N2O/c1-2-10-19-11-8-14(17)12-13-7-9-18-16-6-4-3-5-15(13)16/h3-7,9,14H,2,8,10-12,17H2,1H3. The highest BCUT2D eigenvalue weighted by atomic mass is 16.5. The Hall–Kier alpha value is -1.45. The van der Waals surface area contributed by atoms with Gasteiger partial charge in [-0.1, -0.05) is 25.1 Å². The number of hydrogen-bond acceptors (Lipinski definition) is 3. The molecule has 1 aromatic carbocycles. The van der Waals surface area contributed by atoms with Crippen molar-refractivity contribution in [1.82, 2.24) is 4.98 Å². The smallest absolute Gasteiger partial charge is 0.0704 e. The van der Waals surface area contributed by atoms with Crippen molar-refractivity contribution in [2.45, 2.75) is 32.2 Å². The number of pyridine rings is 1. The number of benzene rings is 1. The molecule has 0 amide bonds. The van der Waals surface area contributed by atoms with Crippen molar-refractivity contribution in [3.63, 3.8) is 0 Å². The highest BCUT2D eigenvalue weighted by Gasteiger charge is 2.07. The third kappa shape index (κ3) is 4.01. The van der Waals surface area contributed by atoms with Crippen molar-refractivity contribution in [2.24, 2.45) is 5.73 Å². The van der Waals surface area contributed by atoms with Crippen molar-refractivity contribution < 1.29 is 4.74 Å². The number of nitrogens with zero attached hydrogens (tertiary/aromatic N) is 1. The van der Waals surface area contributed by atoms with E-state index in [1.54, 1.807) is 0 Å². The lowest BCUT2D eigenvalue weighted by Crippen LogP contribution is -2.24. The predicted molar refractivity (Wildman–Crippen MR) is 79.1 cm³/mol. The Morgan fingerprint density at radius 1 is 1.21 bits per heavy atom. The van der Waals surface area contributed by atoms with Crippen LogP contribution < -0.4 is 5.73 Å². The molecule has 3 heteroatoms. The minimum Gasteiger partial charge on any atom is -0.381 e.